The number of rotatable bonds is 6. The molecule has 8 heteroatoms. The summed E-state index contributed by atoms with van der Waals surface area (Å²) in [6.45, 7) is 2.02. The molecule has 2 aliphatic rings. The van der Waals surface area contributed by atoms with E-state index in [0.29, 0.717) is 27.3 Å². The lowest BCUT2D eigenvalue weighted by atomic mass is 9.76. The number of nitrogens with one attached hydrogen (secondary N) is 2. The Morgan fingerprint density at radius 1 is 1.06 bits per heavy atom. The number of para-hydroxylation sites is 1. The van der Waals surface area contributed by atoms with Crippen molar-refractivity contribution >= 4 is 34.0 Å². The van der Waals surface area contributed by atoms with Crippen molar-refractivity contribution in [2.75, 3.05) is 17.7 Å². The van der Waals surface area contributed by atoms with E-state index in [9.17, 15) is 9.59 Å². The van der Waals surface area contributed by atoms with Crippen molar-refractivity contribution in [2.24, 2.45) is 17.3 Å². The SMILES string of the molecule is COc1ccc(-c2nnc(NC(=O)c3ccccc3NC(=O)[C@]3(C)C[C@H]4C=C[C@H]3C4)s2)cc1. The van der Waals surface area contributed by atoms with Gasteiger partial charge < -0.3 is 10.1 Å². The summed E-state index contributed by atoms with van der Waals surface area (Å²) in [4.78, 5) is 26.2. The molecule has 0 aliphatic heterocycles. The molecule has 3 aromatic rings. The fraction of sp³-hybridized carbons (Fsp3) is 0.280. The van der Waals surface area contributed by atoms with Crippen LogP contribution in [0.3, 0.4) is 0 Å². The fourth-order valence-corrected chi connectivity index (χ4v) is 5.44. The van der Waals surface area contributed by atoms with E-state index in [1.54, 1.807) is 25.3 Å². The van der Waals surface area contributed by atoms with E-state index in [1.807, 2.05) is 37.3 Å². The van der Waals surface area contributed by atoms with Gasteiger partial charge in [-0.2, -0.15) is 0 Å². The van der Waals surface area contributed by atoms with Crippen LogP contribution >= 0.6 is 11.3 Å². The van der Waals surface area contributed by atoms with E-state index >= 15 is 0 Å². The van der Waals surface area contributed by atoms with Gasteiger partial charge in [0.2, 0.25) is 11.0 Å². The summed E-state index contributed by atoms with van der Waals surface area (Å²) in [5, 5.41) is 15.2. The molecule has 2 aromatic carbocycles. The molecule has 2 aliphatic carbocycles. The van der Waals surface area contributed by atoms with Crippen LogP contribution in [0.15, 0.2) is 60.7 Å². The number of fused-ring (bicyclic) bond motifs is 2. The molecule has 0 radical (unpaired) electrons. The average Bonchev–Trinajstić information content (AvgIpc) is 3.56. The van der Waals surface area contributed by atoms with Crippen molar-refractivity contribution in [3.8, 4) is 16.3 Å². The lowest BCUT2D eigenvalue weighted by Gasteiger charge is -2.30. The molecule has 33 heavy (non-hydrogen) atoms. The zero-order chi connectivity index (χ0) is 23.0. The lowest BCUT2D eigenvalue weighted by molar-refractivity contribution is -0.126. The van der Waals surface area contributed by atoms with Gasteiger partial charge in [-0.05, 0) is 61.1 Å². The van der Waals surface area contributed by atoms with E-state index < -0.39 is 5.41 Å². The Morgan fingerprint density at radius 2 is 1.85 bits per heavy atom. The second-order valence-corrected chi connectivity index (χ2v) is 9.68. The Labute approximate surface area is 195 Å². The third-order valence-corrected chi connectivity index (χ3v) is 7.49. The first-order valence-corrected chi connectivity index (χ1v) is 11.7. The van der Waals surface area contributed by atoms with Crippen LogP contribution in [0, 0.1) is 17.3 Å². The van der Waals surface area contributed by atoms with Crippen molar-refractivity contribution < 1.29 is 14.3 Å². The predicted molar refractivity (Wildman–Crippen MR) is 128 cm³/mol. The van der Waals surface area contributed by atoms with E-state index in [1.165, 1.54) is 11.3 Å². The molecule has 0 spiro atoms. The van der Waals surface area contributed by atoms with Crippen LogP contribution in [0.5, 0.6) is 5.75 Å². The molecule has 5 rings (SSSR count). The summed E-state index contributed by atoms with van der Waals surface area (Å²) in [5.74, 6) is 1.09. The molecule has 1 fully saturated rings. The zero-order valence-corrected chi connectivity index (χ0v) is 19.2. The average molecular weight is 461 g/mol. The zero-order valence-electron chi connectivity index (χ0n) is 18.4. The molecule has 1 saturated carbocycles. The quantitative estimate of drug-likeness (QED) is 0.505. The van der Waals surface area contributed by atoms with Crippen LogP contribution in [0.25, 0.3) is 10.6 Å². The van der Waals surface area contributed by atoms with Gasteiger partial charge >= 0.3 is 0 Å². The van der Waals surface area contributed by atoms with Crippen LogP contribution in [0.1, 0.15) is 30.1 Å². The minimum atomic E-state index is -0.449. The van der Waals surface area contributed by atoms with Gasteiger partial charge in [-0.15, -0.1) is 10.2 Å². The number of ether oxygens (including phenoxy) is 1. The Morgan fingerprint density at radius 3 is 2.55 bits per heavy atom. The van der Waals surface area contributed by atoms with E-state index in [-0.39, 0.29) is 17.7 Å². The van der Waals surface area contributed by atoms with Crippen LogP contribution in [-0.2, 0) is 4.79 Å². The van der Waals surface area contributed by atoms with Crippen LogP contribution in [0.4, 0.5) is 10.8 Å². The maximum atomic E-state index is 13.2. The molecule has 2 N–H and O–H groups in total. The molecule has 7 nitrogen and oxygen atoms in total. The second kappa shape index (κ2) is 8.44. The Balaban J connectivity index is 1.30. The highest BCUT2D eigenvalue weighted by Gasteiger charge is 2.50. The number of hydrogen-bond donors (Lipinski definition) is 2. The molecule has 0 saturated heterocycles. The predicted octanol–water partition coefficient (Wildman–Crippen LogP) is 5.01. The number of carbonyl (C=O) groups is 2. The first-order valence-electron chi connectivity index (χ1n) is 10.8. The third kappa shape index (κ3) is 4.02. The Kier molecular flexibility index (Phi) is 5.46. The number of aromatic nitrogens is 2. The third-order valence-electron chi connectivity index (χ3n) is 6.60. The van der Waals surface area contributed by atoms with Gasteiger partial charge in [-0.1, -0.05) is 42.5 Å². The molecule has 1 aromatic heterocycles. The summed E-state index contributed by atoms with van der Waals surface area (Å²) in [6, 6.07) is 14.5. The van der Waals surface area contributed by atoms with Gasteiger partial charge in [-0.25, -0.2) is 0 Å². The maximum Gasteiger partial charge on any atom is 0.259 e. The second-order valence-electron chi connectivity index (χ2n) is 8.70. The van der Waals surface area contributed by atoms with Crippen molar-refractivity contribution in [3.63, 3.8) is 0 Å². The van der Waals surface area contributed by atoms with Crippen LogP contribution in [0.2, 0.25) is 0 Å². The number of nitrogens with zero attached hydrogens (tertiary/aromatic N) is 2. The monoisotopic (exact) mass is 460 g/mol. The minimum Gasteiger partial charge on any atom is -0.497 e. The summed E-state index contributed by atoms with van der Waals surface area (Å²) >= 11 is 1.28. The summed E-state index contributed by atoms with van der Waals surface area (Å²) in [5.41, 5.74) is 1.31. The van der Waals surface area contributed by atoms with Crippen LogP contribution in [-0.4, -0.2) is 29.1 Å². The van der Waals surface area contributed by atoms with E-state index in [0.717, 1.165) is 24.2 Å². The van der Waals surface area contributed by atoms with E-state index in [4.69, 9.17) is 4.74 Å². The number of benzene rings is 2. The van der Waals surface area contributed by atoms with Gasteiger partial charge in [0.25, 0.3) is 5.91 Å². The number of allylic oxidation sites excluding steroid dienone is 2. The lowest BCUT2D eigenvalue weighted by Crippen LogP contribution is -2.37. The number of carbonyl (C=O) groups excluding carboxylic acids is 2. The molecule has 0 unspecified atom stereocenters. The Hall–Kier alpha value is -3.52. The van der Waals surface area contributed by atoms with Gasteiger partial charge in [0, 0.05) is 5.56 Å². The molecular weight excluding hydrogens is 436 g/mol. The highest BCUT2D eigenvalue weighted by molar-refractivity contribution is 7.18. The first kappa shape index (κ1) is 21.3. The highest BCUT2D eigenvalue weighted by Crippen LogP contribution is 2.52. The fourth-order valence-electron chi connectivity index (χ4n) is 4.70. The van der Waals surface area contributed by atoms with Gasteiger partial charge in [0.15, 0.2) is 0 Å². The number of methoxy groups -OCH3 is 1. The summed E-state index contributed by atoms with van der Waals surface area (Å²) < 4.78 is 5.18. The van der Waals surface area contributed by atoms with Crippen molar-refractivity contribution in [1.29, 1.82) is 0 Å². The number of amides is 2. The topological polar surface area (TPSA) is 93.2 Å². The van der Waals surface area contributed by atoms with Crippen molar-refractivity contribution in [1.82, 2.24) is 10.2 Å². The van der Waals surface area contributed by atoms with Crippen molar-refractivity contribution in [2.45, 2.75) is 19.8 Å². The highest BCUT2D eigenvalue weighted by atomic mass is 32.1. The molecule has 2 amide bonds. The standard InChI is InChI=1S/C25H24N4O3S/c1-25(14-15-7-10-17(25)13-15)23(31)26-20-6-4-3-5-19(20)21(30)27-24-29-28-22(33-24)16-8-11-18(32-2)12-9-16/h3-12,15,17H,13-14H2,1-2H3,(H,26,31)(H,27,29,30)/t15-,17-,25+/m0/s1. The molecular formula is C25H24N4O3S. The van der Waals surface area contributed by atoms with Crippen molar-refractivity contribution in [3.05, 3.63) is 66.2 Å². The summed E-state index contributed by atoms with van der Waals surface area (Å²) in [7, 11) is 1.61. The molecule has 2 bridgehead atoms. The smallest absolute Gasteiger partial charge is 0.259 e. The van der Waals surface area contributed by atoms with Gasteiger partial charge in [0.1, 0.15) is 10.8 Å². The minimum absolute atomic E-state index is 0.0442. The molecule has 3 atom stereocenters. The maximum absolute atomic E-state index is 13.2. The summed E-state index contributed by atoms with van der Waals surface area (Å²) in [6.07, 6.45) is 6.23. The van der Waals surface area contributed by atoms with E-state index in [2.05, 4.69) is 33.0 Å². The molecule has 168 valence electrons. The van der Waals surface area contributed by atoms with Gasteiger partial charge in [-0.3, -0.25) is 14.9 Å². The first-order chi connectivity index (χ1) is 16.0. The number of anilines is 2. The van der Waals surface area contributed by atoms with Gasteiger partial charge in [0.05, 0.1) is 23.8 Å². The number of hydrogen-bond acceptors (Lipinski definition) is 6. The largest absolute Gasteiger partial charge is 0.497 e. The molecule has 1 heterocycles. The normalized spacial score (nSPS) is 22.8. The Bertz CT molecular complexity index is 1240. The van der Waals surface area contributed by atoms with Crippen LogP contribution < -0.4 is 15.4 Å².